The summed E-state index contributed by atoms with van der Waals surface area (Å²) in [4.78, 5) is 31.0. The van der Waals surface area contributed by atoms with Crippen LogP contribution in [-0.2, 0) is 27.7 Å². The van der Waals surface area contributed by atoms with Gasteiger partial charge >= 0.3 is 18.2 Å². The molecule has 2 aliphatic carbocycles. The first-order valence-electron chi connectivity index (χ1n) is 13.5. The Hall–Kier alpha value is -3.92. The van der Waals surface area contributed by atoms with Crippen LogP contribution in [0.15, 0.2) is 79.0 Å². The number of hydrogen-bond acceptors (Lipinski definition) is 4. The van der Waals surface area contributed by atoms with Gasteiger partial charge in [-0.15, -0.1) is 0 Å². The molecule has 11 heteroatoms. The average Bonchev–Trinajstić information content (AvgIpc) is 3.55. The number of carbonyl (C=O) groups excluding carboxylic acids is 2. The number of allylic oxidation sites excluding steroid dienone is 1. The predicted molar refractivity (Wildman–Crippen MR) is 148 cm³/mol. The van der Waals surface area contributed by atoms with Crippen molar-refractivity contribution in [1.82, 2.24) is 15.6 Å². The van der Waals surface area contributed by atoms with E-state index in [4.69, 9.17) is 16.3 Å². The molecule has 0 radical (unpaired) electrons. The first-order valence-corrected chi connectivity index (χ1v) is 13.9. The second-order valence-electron chi connectivity index (χ2n) is 10.5. The van der Waals surface area contributed by atoms with Gasteiger partial charge in [0.25, 0.3) is 0 Å². The summed E-state index contributed by atoms with van der Waals surface area (Å²) in [5.74, 6) is -2.42. The Morgan fingerprint density at radius 1 is 1.02 bits per heavy atom. The molecule has 2 aromatic carbocycles. The van der Waals surface area contributed by atoms with E-state index < -0.39 is 47.1 Å². The van der Waals surface area contributed by atoms with E-state index in [1.807, 2.05) is 12.2 Å². The Morgan fingerprint density at radius 2 is 1.74 bits per heavy atom. The van der Waals surface area contributed by atoms with Crippen molar-refractivity contribution < 1.29 is 31.9 Å². The maximum atomic E-state index is 14.9. The maximum Gasteiger partial charge on any atom is 0.416 e. The Balaban J connectivity index is 1.60. The number of esters is 1. The highest BCUT2D eigenvalue weighted by Crippen LogP contribution is 2.44. The SMILES string of the molecule is CCOC(=O)[C@H]1[C@@H](NC(=O)N[C@@](Cc2ccccc2)(c2cc(F)cc(C(F)(F)F)c2)c2ccc(Cl)cn2)[C@H]2C=C[C@@H]1C2. The van der Waals surface area contributed by atoms with Crippen LogP contribution in [0.2, 0.25) is 5.02 Å². The van der Waals surface area contributed by atoms with E-state index in [1.165, 1.54) is 18.3 Å². The van der Waals surface area contributed by atoms with Crippen molar-refractivity contribution in [2.24, 2.45) is 17.8 Å². The van der Waals surface area contributed by atoms with Gasteiger partial charge in [0.2, 0.25) is 0 Å². The van der Waals surface area contributed by atoms with Gasteiger partial charge in [-0.2, -0.15) is 13.2 Å². The van der Waals surface area contributed by atoms with Gasteiger partial charge in [0.15, 0.2) is 0 Å². The quantitative estimate of drug-likeness (QED) is 0.177. The van der Waals surface area contributed by atoms with Gasteiger partial charge in [-0.25, -0.2) is 9.18 Å². The van der Waals surface area contributed by atoms with Crippen LogP contribution < -0.4 is 10.6 Å². The van der Waals surface area contributed by atoms with Crippen LogP contribution in [0.1, 0.15) is 35.7 Å². The van der Waals surface area contributed by atoms with Crippen LogP contribution in [-0.4, -0.2) is 29.6 Å². The average molecular weight is 602 g/mol. The first kappa shape index (κ1) is 29.6. The third kappa shape index (κ3) is 5.99. The number of nitrogens with zero attached hydrogens (tertiary/aromatic N) is 1. The standard InChI is InChI=1S/C31H28ClF4N3O3/c1-2-42-28(40)26-19-8-9-20(12-19)27(26)38-29(41)39-30(16-18-6-4-3-5-7-18,25-11-10-23(32)17-37-25)21-13-22(31(34,35)36)15-24(33)14-21/h3-11,13-15,17,19-20,26-27H,2,12,16H2,1H3,(H2,38,39,41)/t19-,20+,26-,27+,30+/m1/s1. The molecular formula is C31H28ClF4N3O3. The summed E-state index contributed by atoms with van der Waals surface area (Å²) in [6.45, 7) is 1.88. The zero-order valence-corrected chi connectivity index (χ0v) is 23.3. The van der Waals surface area contributed by atoms with Gasteiger partial charge in [-0.1, -0.05) is 54.1 Å². The van der Waals surface area contributed by atoms with Crippen molar-refractivity contribution in [3.63, 3.8) is 0 Å². The van der Waals surface area contributed by atoms with Crippen molar-refractivity contribution in [2.45, 2.75) is 37.5 Å². The summed E-state index contributed by atoms with van der Waals surface area (Å²) in [6, 6.07) is 12.5. The minimum absolute atomic E-state index is 0.0748. The van der Waals surface area contributed by atoms with Crippen molar-refractivity contribution >= 4 is 23.6 Å². The summed E-state index contributed by atoms with van der Waals surface area (Å²) >= 11 is 6.08. The van der Waals surface area contributed by atoms with Crippen LogP contribution in [0.4, 0.5) is 22.4 Å². The third-order valence-electron chi connectivity index (χ3n) is 7.84. The van der Waals surface area contributed by atoms with Crippen LogP contribution in [0, 0.1) is 23.6 Å². The number of aromatic nitrogens is 1. The largest absolute Gasteiger partial charge is 0.466 e. The number of benzene rings is 2. The summed E-state index contributed by atoms with van der Waals surface area (Å²) < 4.78 is 61.7. The molecule has 1 heterocycles. The van der Waals surface area contributed by atoms with E-state index in [0.29, 0.717) is 18.1 Å². The minimum atomic E-state index is -4.85. The fourth-order valence-electron chi connectivity index (χ4n) is 6.01. The molecule has 2 aliphatic rings. The van der Waals surface area contributed by atoms with Gasteiger partial charge in [-0.3, -0.25) is 9.78 Å². The molecule has 5 rings (SSSR count). The van der Waals surface area contributed by atoms with Gasteiger partial charge in [-0.05, 0) is 66.6 Å². The van der Waals surface area contributed by atoms with Crippen LogP contribution >= 0.6 is 11.6 Å². The molecule has 2 bridgehead atoms. The van der Waals surface area contributed by atoms with Crippen LogP contribution in [0.5, 0.6) is 0 Å². The van der Waals surface area contributed by atoms with Gasteiger partial charge < -0.3 is 15.4 Å². The zero-order valence-electron chi connectivity index (χ0n) is 22.5. The topological polar surface area (TPSA) is 80.3 Å². The molecule has 6 nitrogen and oxygen atoms in total. The van der Waals surface area contributed by atoms with Crippen molar-refractivity contribution in [1.29, 1.82) is 0 Å². The number of rotatable bonds is 8. The van der Waals surface area contributed by atoms with Crippen molar-refractivity contribution in [3.05, 3.63) is 112 Å². The lowest BCUT2D eigenvalue weighted by molar-refractivity contribution is -0.149. The van der Waals surface area contributed by atoms with E-state index >= 15 is 0 Å². The second kappa shape index (κ2) is 11.8. The third-order valence-corrected chi connectivity index (χ3v) is 8.06. The Bertz CT molecular complexity index is 1480. The van der Waals surface area contributed by atoms with E-state index in [0.717, 1.165) is 12.1 Å². The molecule has 5 atom stereocenters. The molecule has 1 saturated carbocycles. The Kier molecular flexibility index (Phi) is 8.28. The number of halogens is 5. The van der Waals surface area contributed by atoms with Crippen LogP contribution in [0.25, 0.3) is 0 Å². The number of fused-ring (bicyclic) bond motifs is 2. The number of urea groups is 1. The fourth-order valence-corrected chi connectivity index (χ4v) is 6.12. The van der Waals surface area contributed by atoms with Crippen molar-refractivity contribution in [3.8, 4) is 0 Å². The normalized spacial score (nSPS) is 22.4. The number of alkyl halides is 3. The molecule has 42 heavy (non-hydrogen) atoms. The number of carbonyl (C=O) groups is 2. The molecule has 2 amide bonds. The molecule has 3 aromatic rings. The summed E-state index contributed by atoms with van der Waals surface area (Å²) in [5.41, 5.74) is -2.38. The molecule has 0 saturated heterocycles. The molecule has 220 valence electrons. The Labute approximate surface area is 245 Å². The highest BCUT2D eigenvalue weighted by Gasteiger charge is 2.50. The first-order chi connectivity index (χ1) is 20.0. The van der Waals surface area contributed by atoms with E-state index in [9.17, 15) is 27.2 Å². The number of pyridine rings is 1. The summed E-state index contributed by atoms with van der Waals surface area (Å²) in [6.07, 6.45) is 0.900. The minimum Gasteiger partial charge on any atom is -0.466 e. The van der Waals surface area contributed by atoms with Crippen molar-refractivity contribution in [2.75, 3.05) is 6.61 Å². The lowest BCUT2D eigenvalue weighted by Crippen LogP contribution is -2.56. The number of amides is 2. The monoisotopic (exact) mass is 601 g/mol. The van der Waals surface area contributed by atoms with Gasteiger partial charge in [0, 0.05) is 12.6 Å². The lowest BCUT2D eigenvalue weighted by Gasteiger charge is -2.37. The molecule has 0 unspecified atom stereocenters. The lowest BCUT2D eigenvalue weighted by atomic mass is 9.79. The zero-order chi connectivity index (χ0) is 30.1. The van der Waals surface area contributed by atoms with E-state index in [2.05, 4.69) is 15.6 Å². The predicted octanol–water partition coefficient (Wildman–Crippen LogP) is 6.43. The highest BCUT2D eigenvalue weighted by molar-refractivity contribution is 6.30. The van der Waals surface area contributed by atoms with E-state index in [-0.39, 0.29) is 41.1 Å². The summed E-state index contributed by atoms with van der Waals surface area (Å²) in [5, 5.41) is 5.99. The molecule has 1 aromatic heterocycles. The molecule has 1 fully saturated rings. The van der Waals surface area contributed by atoms with E-state index in [1.54, 1.807) is 37.3 Å². The molecule has 2 N–H and O–H groups in total. The van der Waals surface area contributed by atoms with Crippen LogP contribution in [0.3, 0.4) is 0 Å². The second-order valence-corrected chi connectivity index (χ2v) is 10.9. The fraction of sp³-hybridized carbons (Fsp3) is 0.323. The highest BCUT2D eigenvalue weighted by atomic mass is 35.5. The summed E-state index contributed by atoms with van der Waals surface area (Å²) in [7, 11) is 0. The molecule has 0 spiro atoms. The number of ether oxygens (including phenoxy) is 1. The Morgan fingerprint density at radius 3 is 2.40 bits per heavy atom. The van der Waals surface area contributed by atoms with Gasteiger partial charge in [0.05, 0.1) is 34.8 Å². The number of nitrogens with one attached hydrogen (secondary N) is 2. The maximum absolute atomic E-state index is 14.9. The molecule has 0 aliphatic heterocycles. The van der Waals surface area contributed by atoms with Gasteiger partial charge in [0.1, 0.15) is 11.4 Å². The molecular weight excluding hydrogens is 574 g/mol. The smallest absolute Gasteiger partial charge is 0.416 e. The number of hydrogen-bond donors (Lipinski definition) is 2.